The molecule has 0 saturated carbocycles. The molecule has 3 heterocycles. The molecular formula is C41H74N4O21. The molecule has 384 valence electrons. The van der Waals surface area contributed by atoms with Crippen LogP contribution in [-0.2, 0) is 42.9 Å². The van der Waals surface area contributed by atoms with Crippen LogP contribution in [0, 0.1) is 0 Å². The summed E-state index contributed by atoms with van der Waals surface area (Å²) in [5.74, 6) is -16.1. The Morgan fingerprint density at radius 1 is 0.652 bits per heavy atom. The Bertz CT molecular complexity index is 1540. The lowest BCUT2D eigenvalue weighted by Gasteiger charge is -2.50. The van der Waals surface area contributed by atoms with Gasteiger partial charge in [0.2, 0.25) is 5.91 Å². The van der Waals surface area contributed by atoms with Gasteiger partial charge < -0.3 is 107 Å². The number of aliphatic hydroxyl groups is 9. The molecule has 66 heavy (non-hydrogen) atoms. The van der Waals surface area contributed by atoms with Gasteiger partial charge in [0.05, 0.1) is 55.8 Å². The number of hydrogen-bond acceptors (Lipinski definition) is 21. The van der Waals surface area contributed by atoms with Crippen LogP contribution in [0.1, 0.15) is 104 Å². The normalized spacial score (nSPS) is 35.0. The van der Waals surface area contributed by atoms with Crippen LogP contribution in [0.25, 0.3) is 0 Å². The molecule has 3 aliphatic rings. The van der Waals surface area contributed by atoms with E-state index in [0.29, 0.717) is 6.54 Å². The first-order valence-electron chi connectivity index (χ1n) is 22.7. The maximum atomic E-state index is 13.0. The molecule has 3 saturated heterocycles. The summed E-state index contributed by atoms with van der Waals surface area (Å²) in [6, 6.07) is -4.81. The van der Waals surface area contributed by atoms with Crippen LogP contribution in [0.4, 0.5) is 0 Å². The minimum absolute atomic E-state index is 0.155. The van der Waals surface area contributed by atoms with Crippen molar-refractivity contribution in [1.29, 1.82) is 0 Å². The number of carboxylic acids is 3. The molecule has 25 heteroatoms. The second-order valence-corrected chi connectivity index (χ2v) is 17.5. The van der Waals surface area contributed by atoms with E-state index < -0.39 is 159 Å². The molecular weight excluding hydrogens is 884 g/mol. The first kappa shape index (κ1) is 57.5. The molecule has 0 bridgehead atoms. The number of unbranched alkanes of at least 4 members (excludes halogenated alkanes) is 9. The number of aliphatic carboxylic acids is 3. The van der Waals surface area contributed by atoms with Crippen molar-refractivity contribution in [2.75, 3.05) is 26.3 Å². The number of hydrogen-bond donors (Lipinski definition) is 16. The SMILES string of the molecule is CCCCCCCCCCCCNCC(O)C1OC(OC(CO)C(O)C2OC(OC(CO)C(O)C3OC(O)(C(=O)O)CC(O)C3N)(C(=O)O)CC(O)C2NC(=O)CC)(C(=O)O)CC(O)C1N. The highest BCUT2D eigenvalue weighted by molar-refractivity contribution is 5.78. The van der Waals surface area contributed by atoms with E-state index in [1.165, 1.54) is 39.0 Å². The highest BCUT2D eigenvalue weighted by Crippen LogP contribution is 2.39. The lowest BCUT2D eigenvalue weighted by atomic mass is 9.87. The third-order valence-electron chi connectivity index (χ3n) is 12.4. The Hall–Kier alpha value is -2.80. The summed E-state index contributed by atoms with van der Waals surface area (Å²) in [4.78, 5) is 50.4. The average molecular weight is 959 g/mol. The van der Waals surface area contributed by atoms with Crippen LogP contribution in [0.2, 0.25) is 0 Å². The van der Waals surface area contributed by atoms with E-state index in [1.807, 2.05) is 0 Å². The van der Waals surface area contributed by atoms with Crippen LogP contribution in [-0.4, -0.2) is 214 Å². The van der Waals surface area contributed by atoms with Gasteiger partial charge >= 0.3 is 17.9 Å². The molecule has 0 spiro atoms. The Kier molecular flexibility index (Phi) is 22.9. The number of nitrogens with one attached hydrogen (secondary N) is 2. The van der Waals surface area contributed by atoms with E-state index in [9.17, 15) is 80.5 Å². The fourth-order valence-corrected chi connectivity index (χ4v) is 8.42. The molecule has 1 amide bonds. The summed E-state index contributed by atoms with van der Waals surface area (Å²) < 4.78 is 27.9. The zero-order chi connectivity index (χ0) is 49.6. The van der Waals surface area contributed by atoms with Gasteiger partial charge in [-0.2, -0.15) is 0 Å². The van der Waals surface area contributed by atoms with Gasteiger partial charge in [-0.05, 0) is 13.0 Å². The minimum Gasteiger partial charge on any atom is -0.477 e. The largest absolute Gasteiger partial charge is 0.477 e. The van der Waals surface area contributed by atoms with Crippen LogP contribution in [0.5, 0.6) is 0 Å². The van der Waals surface area contributed by atoms with E-state index >= 15 is 0 Å². The summed E-state index contributed by atoms with van der Waals surface area (Å²) >= 11 is 0. The fourth-order valence-electron chi connectivity index (χ4n) is 8.42. The summed E-state index contributed by atoms with van der Waals surface area (Å²) in [6.45, 7) is 1.28. The van der Waals surface area contributed by atoms with Gasteiger partial charge in [-0.3, -0.25) is 4.79 Å². The first-order valence-corrected chi connectivity index (χ1v) is 22.7. The Balaban J connectivity index is 1.85. The van der Waals surface area contributed by atoms with E-state index in [1.54, 1.807) is 0 Å². The third kappa shape index (κ3) is 14.6. The maximum absolute atomic E-state index is 13.0. The van der Waals surface area contributed by atoms with Crippen LogP contribution in [0.15, 0.2) is 0 Å². The van der Waals surface area contributed by atoms with Gasteiger partial charge in [0.15, 0.2) is 0 Å². The molecule has 0 aromatic heterocycles. The predicted molar refractivity (Wildman–Crippen MR) is 225 cm³/mol. The average Bonchev–Trinajstić information content (AvgIpc) is 3.27. The molecule has 3 fully saturated rings. The van der Waals surface area contributed by atoms with Crippen molar-refractivity contribution >= 4 is 23.8 Å². The second kappa shape index (κ2) is 26.3. The molecule has 3 rings (SSSR count). The number of nitrogens with two attached hydrogens (primary N) is 2. The van der Waals surface area contributed by atoms with Gasteiger partial charge in [-0.15, -0.1) is 0 Å². The third-order valence-corrected chi connectivity index (χ3v) is 12.4. The Morgan fingerprint density at radius 3 is 1.59 bits per heavy atom. The molecule has 18 N–H and O–H groups in total. The Labute approximate surface area is 382 Å². The number of carboxylic acid groups (broad SMARTS) is 3. The van der Waals surface area contributed by atoms with Crippen molar-refractivity contribution in [2.45, 2.75) is 206 Å². The van der Waals surface area contributed by atoms with Crippen LogP contribution in [0.3, 0.4) is 0 Å². The van der Waals surface area contributed by atoms with Gasteiger partial charge in [-0.1, -0.05) is 71.6 Å². The lowest BCUT2D eigenvalue weighted by molar-refractivity contribution is -0.354. The number of rotatable bonds is 29. The molecule has 0 radical (unpaired) electrons. The topological polar surface area (TPSA) is 433 Å². The van der Waals surface area contributed by atoms with Crippen molar-refractivity contribution in [3.8, 4) is 0 Å². The quantitative estimate of drug-likeness (QED) is 0.0315. The van der Waals surface area contributed by atoms with E-state index in [0.717, 1.165) is 32.1 Å². The van der Waals surface area contributed by atoms with Crippen molar-refractivity contribution in [3.63, 3.8) is 0 Å². The Morgan fingerprint density at radius 2 is 1.11 bits per heavy atom. The van der Waals surface area contributed by atoms with Crippen LogP contribution < -0.4 is 22.1 Å². The van der Waals surface area contributed by atoms with Crippen molar-refractivity contribution in [3.05, 3.63) is 0 Å². The first-order chi connectivity index (χ1) is 31.1. The second-order valence-electron chi connectivity index (χ2n) is 17.5. The fraction of sp³-hybridized carbons (Fsp3) is 0.902. The van der Waals surface area contributed by atoms with Crippen molar-refractivity contribution in [1.82, 2.24) is 10.6 Å². The van der Waals surface area contributed by atoms with Gasteiger partial charge in [0.25, 0.3) is 17.4 Å². The maximum Gasteiger partial charge on any atom is 0.364 e. The molecule has 0 aromatic rings. The molecule has 0 aromatic carbocycles. The minimum atomic E-state index is -3.22. The predicted octanol–water partition coefficient (Wildman–Crippen LogP) is -4.33. The standard InChI is InChI=1S/C41H74N4O21/c1-3-5-6-7-8-9-10-11-12-13-14-44-18-24(51)33-28(42)22(49)16-40(65-33,37(57)58)63-26(20-47)32(54)35-30(45-27(52)4-2)23(50)17-41(66-35,38(59)60)62-25(19-46)31(53)34-29(43)21(48)15-39(61,64-34)36(55)56/h21-26,28-35,44,46-51,53-54,61H,3-20,42-43H2,1-2H3,(H,45,52)(H,55,56)(H,57,58)(H,59,60). The zero-order valence-electron chi connectivity index (χ0n) is 37.5. The highest BCUT2D eigenvalue weighted by atomic mass is 16.8. The number of carbonyl (C=O) groups is 4. The smallest absolute Gasteiger partial charge is 0.364 e. The number of ether oxygens (including phenoxy) is 5. The monoisotopic (exact) mass is 958 g/mol. The number of carbonyl (C=O) groups excluding carboxylic acids is 1. The molecule has 0 aliphatic carbocycles. The van der Waals surface area contributed by atoms with Gasteiger partial charge in [0, 0.05) is 32.2 Å². The molecule has 25 nitrogen and oxygen atoms in total. The van der Waals surface area contributed by atoms with Gasteiger partial charge in [-0.25, -0.2) is 14.4 Å². The van der Waals surface area contributed by atoms with Crippen LogP contribution >= 0.6 is 0 Å². The summed E-state index contributed by atoms with van der Waals surface area (Å²) in [6.07, 6.45) is -14.4. The molecule has 3 aliphatic heterocycles. The highest BCUT2D eigenvalue weighted by Gasteiger charge is 2.61. The number of aliphatic hydroxyl groups excluding tert-OH is 8. The molecule has 17 atom stereocenters. The van der Waals surface area contributed by atoms with E-state index in [4.69, 9.17) is 35.2 Å². The summed E-state index contributed by atoms with van der Waals surface area (Å²) in [5.41, 5.74) is 12.1. The van der Waals surface area contributed by atoms with E-state index in [2.05, 4.69) is 17.6 Å². The van der Waals surface area contributed by atoms with Crippen molar-refractivity contribution in [2.24, 2.45) is 11.5 Å². The lowest BCUT2D eigenvalue weighted by Crippen LogP contribution is -2.71. The van der Waals surface area contributed by atoms with Gasteiger partial charge in [0.1, 0.15) is 42.7 Å². The molecule has 17 unspecified atom stereocenters. The summed E-state index contributed by atoms with van der Waals surface area (Å²) in [5, 5.41) is 134. The van der Waals surface area contributed by atoms with Crippen molar-refractivity contribution < 1.29 is 104 Å². The van der Waals surface area contributed by atoms with E-state index in [-0.39, 0.29) is 13.0 Å². The number of amides is 1. The summed E-state index contributed by atoms with van der Waals surface area (Å²) in [7, 11) is 0. The zero-order valence-corrected chi connectivity index (χ0v) is 37.5.